The lowest BCUT2D eigenvalue weighted by molar-refractivity contribution is 0.0991. The lowest BCUT2D eigenvalue weighted by atomic mass is 10.1. The van der Waals surface area contributed by atoms with E-state index in [2.05, 4.69) is 0 Å². The van der Waals surface area contributed by atoms with Gasteiger partial charge in [-0.25, -0.2) is 4.39 Å². The van der Waals surface area contributed by atoms with Crippen LogP contribution in [-0.4, -0.2) is 5.78 Å². The van der Waals surface area contributed by atoms with Gasteiger partial charge in [-0.15, -0.1) is 22.9 Å². The van der Waals surface area contributed by atoms with Gasteiger partial charge in [0.15, 0.2) is 5.78 Å². The molecule has 1 unspecified atom stereocenters. The molecule has 1 aromatic carbocycles. The van der Waals surface area contributed by atoms with Gasteiger partial charge in [-0.3, -0.25) is 4.79 Å². The molecular formula is C12H7Cl2FOS. The van der Waals surface area contributed by atoms with Gasteiger partial charge in [0, 0.05) is 0 Å². The third-order valence-corrected chi connectivity index (χ3v) is 3.90. The van der Waals surface area contributed by atoms with E-state index in [1.807, 2.05) is 0 Å². The first-order valence-corrected chi connectivity index (χ1v) is 6.40. The molecule has 0 saturated heterocycles. The predicted octanol–water partition coefficient (Wildman–Crippen LogP) is 4.70. The molecule has 2 aromatic rings. The molecule has 1 nitrogen and oxygen atoms in total. The van der Waals surface area contributed by atoms with Gasteiger partial charge in [0.05, 0.1) is 9.21 Å². The van der Waals surface area contributed by atoms with E-state index in [0.29, 0.717) is 14.8 Å². The number of Topliss-reactive ketones (excluding diaryl/α,β-unsaturated/α-hetero) is 1. The number of alkyl halides is 1. The van der Waals surface area contributed by atoms with Crippen molar-refractivity contribution < 1.29 is 9.18 Å². The molecule has 88 valence electrons. The zero-order valence-electron chi connectivity index (χ0n) is 8.49. The van der Waals surface area contributed by atoms with Gasteiger partial charge in [0.2, 0.25) is 0 Å². The van der Waals surface area contributed by atoms with Gasteiger partial charge in [0.25, 0.3) is 0 Å². The Kier molecular flexibility index (Phi) is 3.82. The van der Waals surface area contributed by atoms with Crippen LogP contribution in [0.2, 0.25) is 4.34 Å². The molecule has 2 rings (SSSR count). The van der Waals surface area contributed by atoms with Crippen LogP contribution in [0.25, 0.3) is 0 Å². The van der Waals surface area contributed by atoms with Gasteiger partial charge in [-0.05, 0) is 29.8 Å². The lowest BCUT2D eigenvalue weighted by Gasteiger charge is -2.07. The first-order valence-electron chi connectivity index (χ1n) is 4.77. The summed E-state index contributed by atoms with van der Waals surface area (Å²) in [5, 5.41) is -0.815. The maximum Gasteiger partial charge on any atom is 0.195 e. The van der Waals surface area contributed by atoms with Crippen molar-refractivity contribution in [2.45, 2.75) is 5.38 Å². The SMILES string of the molecule is O=C(c1ccc(Cl)s1)C(Cl)c1ccc(F)cc1. The van der Waals surface area contributed by atoms with Crippen LogP contribution in [0.15, 0.2) is 36.4 Å². The molecule has 0 bridgehead atoms. The highest BCUT2D eigenvalue weighted by Gasteiger charge is 2.20. The second-order valence-corrected chi connectivity index (χ2v) is 5.53. The largest absolute Gasteiger partial charge is 0.291 e. The summed E-state index contributed by atoms with van der Waals surface area (Å²) in [5.74, 6) is -0.584. The minimum atomic E-state index is -0.815. The summed E-state index contributed by atoms with van der Waals surface area (Å²) in [6.07, 6.45) is 0. The fourth-order valence-electron chi connectivity index (χ4n) is 1.35. The summed E-state index contributed by atoms with van der Waals surface area (Å²) in [5.41, 5.74) is 0.572. The maximum atomic E-state index is 12.7. The van der Waals surface area contributed by atoms with E-state index in [-0.39, 0.29) is 11.6 Å². The van der Waals surface area contributed by atoms with Crippen LogP contribution in [-0.2, 0) is 0 Å². The number of hydrogen-bond acceptors (Lipinski definition) is 2. The first kappa shape index (κ1) is 12.6. The van der Waals surface area contributed by atoms with Crippen molar-refractivity contribution in [2.24, 2.45) is 0 Å². The second kappa shape index (κ2) is 5.17. The molecular weight excluding hydrogens is 282 g/mol. The smallest absolute Gasteiger partial charge is 0.195 e. The topological polar surface area (TPSA) is 17.1 Å². The molecule has 0 fully saturated rings. The average Bonchev–Trinajstić information content (AvgIpc) is 2.75. The van der Waals surface area contributed by atoms with Crippen LogP contribution in [0.3, 0.4) is 0 Å². The van der Waals surface area contributed by atoms with Crippen molar-refractivity contribution in [1.29, 1.82) is 0 Å². The zero-order valence-corrected chi connectivity index (χ0v) is 10.8. The Morgan fingerprint density at radius 3 is 2.35 bits per heavy atom. The third kappa shape index (κ3) is 2.86. The number of carbonyl (C=O) groups excluding carboxylic acids is 1. The minimum absolute atomic E-state index is 0.227. The third-order valence-electron chi connectivity index (χ3n) is 2.21. The number of benzene rings is 1. The Hall–Kier alpha value is -0.900. The number of thiophene rings is 1. The molecule has 0 aliphatic rings. The molecule has 0 saturated carbocycles. The van der Waals surface area contributed by atoms with Gasteiger partial charge in [0.1, 0.15) is 11.2 Å². The molecule has 0 aliphatic heterocycles. The van der Waals surface area contributed by atoms with E-state index in [1.165, 1.54) is 35.6 Å². The fourth-order valence-corrected chi connectivity index (χ4v) is 2.70. The molecule has 5 heteroatoms. The first-order chi connectivity index (χ1) is 8.08. The minimum Gasteiger partial charge on any atom is -0.291 e. The van der Waals surface area contributed by atoms with Crippen LogP contribution >= 0.6 is 34.5 Å². The Bertz CT molecular complexity index is 536. The normalized spacial score (nSPS) is 12.4. The number of halogens is 3. The van der Waals surface area contributed by atoms with E-state index in [0.717, 1.165) is 0 Å². The highest BCUT2D eigenvalue weighted by molar-refractivity contribution is 7.18. The number of hydrogen-bond donors (Lipinski definition) is 0. The van der Waals surface area contributed by atoms with Gasteiger partial charge < -0.3 is 0 Å². The van der Waals surface area contributed by atoms with Crippen molar-refractivity contribution in [3.63, 3.8) is 0 Å². The molecule has 1 atom stereocenters. The van der Waals surface area contributed by atoms with Crippen LogP contribution in [0.1, 0.15) is 20.6 Å². The van der Waals surface area contributed by atoms with Crippen molar-refractivity contribution in [2.75, 3.05) is 0 Å². The Morgan fingerprint density at radius 2 is 1.82 bits per heavy atom. The molecule has 1 heterocycles. The van der Waals surface area contributed by atoms with E-state index < -0.39 is 5.38 Å². The van der Waals surface area contributed by atoms with Gasteiger partial charge in [-0.1, -0.05) is 23.7 Å². The molecule has 0 amide bonds. The molecule has 0 N–H and O–H groups in total. The Balaban J connectivity index is 2.23. The molecule has 0 spiro atoms. The zero-order chi connectivity index (χ0) is 12.4. The van der Waals surface area contributed by atoms with Crippen molar-refractivity contribution >= 4 is 40.3 Å². The highest BCUT2D eigenvalue weighted by Crippen LogP contribution is 2.30. The molecule has 0 aliphatic carbocycles. The summed E-state index contributed by atoms with van der Waals surface area (Å²) in [7, 11) is 0. The Labute approximate surface area is 112 Å². The number of ketones is 1. The van der Waals surface area contributed by atoms with Crippen LogP contribution < -0.4 is 0 Å². The van der Waals surface area contributed by atoms with E-state index in [4.69, 9.17) is 23.2 Å². The number of carbonyl (C=O) groups is 1. The summed E-state index contributed by atoms with van der Waals surface area (Å²) < 4.78 is 13.3. The standard InChI is InChI=1S/C12H7Cl2FOS/c13-10-6-5-9(17-10)12(16)11(14)7-1-3-8(15)4-2-7/h1-6,11H. The highest BCUT2D eigenvalue weighted by atomic mass is 35.5. The summed E-state index contributed by atoms with van der Waals surface area (Å²) in [6, 6.07) is 8.83. The van der Waals surface area contributed by atoms with Crippen molar-refractivity contribution in [3.05, 3.63) is 57.0 Å². The second-order valence-electron chi connectivity index (χ2n) is 3.38. The van der Waals surface area contributed by atoms with Crippen molar-refractivity contribution in [3.8, 4) is 0 Å². The van der Waals surface area contributed by atoms with E-state index in [9.17, 15) is 9.18 Å². The molecule has 17 heavy (non-hydrogen) atoms. The molecule has 1 aromatic heterocycles. The van der Waals surface area contributed by atoms with E-state index >= 15 is 0 Å². The Morgan fingerprint density at radius 1 is 1.18 bits per heavy atom. The number of rotatable bonds is 3. The van der Waals surface area contributed by atoms with Crippen LogP contribution in [0.4, 0.5) is 4.39 Å². The van der Waals surface area contributed by atoms with Crippen LogP contribution in [0, 0.1) is 5.82 Å². The molecule has 0 radical (unpaired) electrons. The van der Waals surface area contributed by atoms with E-state index in [1.54, 1.807) is 12.1 Å². The van der Waals surface area contributed by atoms with Gasteiger partial charge >= 0.3 is 0 Å². The summed E-state index contributed by atoms with van der Waals surface area (Å²) in [6.45, 7) is 0. The quantitative estimate of drug-likeness (QED) is 0.591. The van der Waals surface area contributed by atoms with Gasteiger partial charge in [-0.2, -0.15) is 0 Å². The van der Waals surface area contributed by atoms with Crippen LogP contribution in [0.5, 0.6) is 0 Å². The monoisotopic (exact) mass is 288 g/mol. The fraction of sp³-hybridized carbons (Fsp3) is 0.0833. The maximum absolute atomic E-state index is 12.7. The predicted molar refractivity (Wildman–Crippen MR) is 68.7 cm³/mol. The summed E-state index contributed by atoms with van der Waals surface area (Å²) in [4.78, 5) is 12.5. The lowest BCUT2D eigenvalue weighted by Crippen LogP contribution is -2.05. The van der Waals surface area contributed by atoms with Crippen molar-refractivity contribution in [1.82, 2.24) is 0 Å². The summed E-state index contributed by atoms with van der Waals surface area (Å²) >= 11 is 13.0. The average molecular weight is 289 g/mol.